The van der Waals surface area contributed by atoms with Gasteiger partial charge in [-0.25, -0.2) is 0 Å². The number of rotatable bonds is 2. The molecule has 2 heterocycles. The van der Waals surface area contributed by atoms with Gasteiger partial charge < -0.3 is 10.2 Å². The van der Waals surface area contributed by atoms with Gasteiger partial charge in [-0.2, -0.15) is 0 Å². The molecule has 2 fully saturated rings. The molecule has 3 nitrogen and oxygen atoms in total. The van der Waals surface area contributed by atoms with Crippen LogP contribution in [0.15, 0.2) is 0 Å². The molecular formula is C10H18N2O. The molecule has 2 aliphatic heterocycles. The van der Waals surface area contributed by atoms with Crippen LogP contribution in [0.25, 0.3) is 0 Å². The molecule has 2 rings (SSSR count). The fourth-order valence-corrected chi connectivity index (χ4v) is 2.49. The maximum absolute atomic E-state index is 11.2. The molecule has 0 aliphatic carbocycles. The zero-order valence-electron chi connectivity index (χ0n) is 8.25. The van der Waals surface area contributed by atoms with E-state index in [9.17, 15) is 4.79 Å². The summed E-state index contributed by atoms with van der Waals surface area (Å²) in [6.07, 6.45) is 3.14. The van der Waals surface area contributed by atoms with Crippen molar-refractivity contribution < 1.29 is 4.79 Å². The normalized spacial score (nSPS) is 37.5. The Morgan fingerprint density at radius 2 is 2.38 bits per heavy atom. The van der Waals surface area contributed by atoms with Gasteiger partial charge in [0.25, 0.3) is 0 Å². The van der Waals surface area contributed by atoms with Crippen molar-refractivity contribution in [3.05, 3.63) is 0 Å². The summed E-state index contributed by atoms with van der Waals surface area (Å²) in [5, 5.41) is 3.09. The zero-order chi connectivity index (χ0) is 9.26. The fraction of sp³-hybridized carbons (Fsp3) is 0.900. The molecule has 2 saturated heterocycles. The number of nitrogens with one attached hydrogen (secondary N) is 1. The molecule has 0 radical (unpaired) electrons. The second-order valence-corrected chi connectivity index (χ2v) is 4.27. The van der Waals surface area contributed by atoms with Crippen molar-refractivity contribution in [1.82, 2.24) is 10.2 Å². The lowest BCUT2D eigenvalue weighted by Crippen LogP contribution is -2.46. The number of carbonyl (C=O) groups excluding carboxylic acids is 1. The van der Waals surface area contributed by atoms with E-state index < -0.39 is 0 Å². The quantitative estimate of drug-likeness (QED) is 0.678. The van der Waals surface area contributed by atoms with E-state index in [1.54, 1.807) is 0 Å². The molecule has 0 aromatic rings. The van der Waals surface area contributed by atoms with Gasteiger partial charge in [-0.1, -0.05) is 6.92 Å². The Hall–Kier alpha value is -0.570. The Balaban J connectivity index is 1.85. The van der Waals surface area contributed by atoms with Crippen LogP contribution in [0, 0.1) is 5.92 Å². The van der Waals surface area contributed by atoms with Crippen molar-refractivity contribution in [2.75, 3.05) is 19.6 Å². The van der Waals surface area contributed by atoms with E-state index in [4.69, 9.17) is 0 Å². The minimum absolute atomic E-state index is 0.201. The van der Waals surface area contributed by atoms with Crippen molar-refractivity contribution >= 4 is 5.91 Å². The van der Waals surface area contributed by atoms with Crippen LogP contribution < -0.4 is 5.32 Å². The van der Waals surface area contributed by atoms with Gasteiger partial charge in [0.05, 0.1) is 0 Å². The molecule has 13 heavy (non-hydrogen) atoms. The van der Waals surface area contributed by atoms with Crippen LogP contribution in [0.3, 0.4) is 0 Å². The molecule has 2 unspecified atom stereocenters. The van der Waals surface area contributed by atoms with E-state index in [-0.39, 0.29) is 5.91 Å². The Morgan fingerprint density at radius 1 is 1.54 bits per heavy atom. The Morgan fingerprint density at radius 3 is 3.08 bits per heavy atom. The smallest absolute Gasteiger partial charge is 0.219 e. The van der Waals surface area contributed by atoms with Crippen molar-refractivity contribution in [1.29, 1.82) is 0 Å². The van der Waals surface area contributed by atoms with Crippen LogP contribution in [-0.2, 0) is 4.79 Å². The van der Waals surface area contributed by atoms with Crippen LogP contribution in [0.2, 0.25) is 0 Å². The number of nitrogens with zero attached hydrogens (tertiary/aromatic N) is 1. The van der Waals surface area contributed by atoms with Gasteiger partial charge in [-0.3, -0.25) is 4.79 Å². The summed E-state index contributed by atoms with van der Waals surface area (Å²) in [5.41, 5.74) is 0. The first-order valence-corrected chi connectivity index (χ1v) is 5.29. The SMILES string of the molecule is CCC(=O)N[C@H]1CC2CCN(C2)C1. The first kappa shape index (κ1) is 9.00. The van der Waals surface area contributed by atoms with Gasteiger partial charge in [-0.05, 0) is 25.3 Å². The predicted molar refractivity (Wildman–Crippen MR) is 51.4 cm³/mol. The van der Waals surface area contributed by atoms with Crippen LogP contribution in [0.1, 0.15) is 26.2 Å². The average Bonchev–Trinajstić information content (AvgIpc) is 2.46. The van der Waals surface area contributed by atoms with E-state index in [0.717, 1.165) is 12.5 Å². The van der Waals surface area contributed by atoms with Crippen molar-refractivity contribution in [2.24, 2.45) is 5.92 Å². The Kier molecular flexibility index (Phi) is 2.54. The largest absolute Gasteiger partial charge is 0.352 e. The van der Waals surface area contributed by atoms with Crippen LogP contribution in [0.4, 0.5) is 0 Å². The predicted octanol–water partition coefficient (Wildman–Crippen LogP) is 0.607. The van der Waals surface area contributed by atoms with Crippen LogP contribution >= 0.6 is 0 Å². The summed E-state index contributed by atoms with van der Waals surface area (Å²) in [7, 11) is 0. The van der Waals surface area contributed by atoms with Crippen molar-refractivity contribution in [3.8, 4) is 0 Å². The highest BCUT2D eigenvalue weighted by Gasteiger charge is 2.32. The minimum Gasteiger partial charge on any atom is -0.352 e. The number of fused-ring (bicyclic) bond motifs is 2. The lowest BCUT2D eigenvalue weighted by Gasteiger charge is -2.30. The van der Waals surface area contributed by atoms with E-state index >= 15 is 0 Å². The highest BCUT2D eigenvalue weighted by atomic mass is 16.1. The van der Waals surface area contributed by atoms with Gasteiger partial charge in [0, 0.05) is 25.6 Å². The third-order valence-electron chi connectivity index (χ3n) is 3.15. The highest BCUT2D eigenvalue weighted by Crippen LogP contribution is 2.26. The molecule has 2 aliphatic rings. The van der Waals surface area contributed by atoms with Gasteiger partial charge >= 0.3 is 0 Å². The standard InChI is InChI=1S/C10H18N2O/c1-2-10(13)11-9-5-8-3-4-12(6-8)7-9/h8-9H,2-7H2,1H3,(H,11,13)/t8?,9-/m0/s1. The van der Waals surface area contributed by atoms with Crippen LogP contribution in [-0.4, -0.2) is 36.5 Å². The topological polar surface area (TPSA) is 32.3 Å². The summed E-state index contributed by atoms with van der Waals surface area (Å²) in [5.74, 6) is 1.04. The molecule has 0 saturated carbocycles. The third-order valence-corrected chi connectivity index (χ3v) is 3.15. The second-order valence-electron chi connectivity index (χ2n) is 4.27. The van der Waals surface area contributed by atoms with Gasteiger partial charge in [0.1, 0.15) is 0 Å². The van der Waals surface area contributed by atoms with E-state index in [0.29, 0.717) is 12.5 Å². The summed E-state index contributed by atoms with van der Waals surface area (Å²) in [6.45, 7) is 5.48. The molecule has 74 valence electrons. The van der Waals surface area contributed by atoms with Crippen molar-refractivity contribution in [3.63, 3.8) is 0 Å². The van der Waals surface area contributed by atoms with Gasteiger partial charge in [0.15, 0.2) is 0 Å². The number of hydrogen-bond acceptors (Lipinski definition) is 2. The fourth-order valence-electron chi connectivity index (χ4n) is 2.49. The molecule has 1 amide bonds. The monoisotopic (exact) mass is 182 g/mol. The third kappa shape index (κ3) is 2.02. The Labute approximate surface area is 79.5 Å². The van der Waals surface area contributed by atoms with Gasteiger partial charge in [-0.15, -0.1) is 0 Å². The lowest BCUT2D eigenvalue weighted by molar-refractivity contribution is -0.121. The van der Waals surface area contributed by atoms with Crippen LogP contribution in [0.5, 0.6) is 0 Å². The number of piperidine rings is 1. The number of carbonyl (C=O) groups is 1. The molecule has 3 heteroatoms. The molecule has 2 bridgehead atoms. The average molecular weight is 182 g/mol. The summed E-state index contributed by atoms with van der Waals surface area (Å²) >= 11 is 0. The molecule has 3 atom stereocenters. The maximum Gasteiger partial charge on any atom is 0.219 e. The number of hydrogen-bond donors (Lipinski definition) is 1. The summed E-state index contributed by atoms with van der Waals surface area (Å²) < 4.78 is 0. The summed E-state index contributed by atoms with van der Waals surface area (Å²) in [4.78, 5) is 13.7. The first-order chi connectivity index (χ1) is 6.28. The Bertz CT molecular complexity index is 193. The number of amides is 1. The summed E-state index contributed by atoms with van der Waals surface area (Å²) in [6, 6.07) is 0.425. The first-order valence-electron chi connectivity index (χ1n) is 5.29. The highest BCUT2D eigenvalue weighted by molar-refractivity contribution is 5.75. The molecular weight excluding hydrogens is 164 g/mol. The molecule has 1 N–H and O–H groups in total. The second kappa shape index (κ2) is 3.66. The zero-order valence-corrected chi connectivity index (χ0v) is 8.25. The molecule has 0 spiro atoms. The molecule has 0 aromatic carbocycles. The van der Waals surface area contributed by atoms with Crippen molar-refractivity contribution in [2.45, 2.75) is 32.2 Å². The van der Waals surface area contributed by atoms with Gasteiger partial charge in [0.2, 0.25) is 5.91 Å². The van der Waals surface area contributed by atoms with E-state index in [2.05, 4.69) is 10.2 Å². The maximum atomic E-state index is 11.2. The van der Waals surface area contributed by atoms with E-state index in [1.807, 2.05) is 6.92 Å². The lowest BCUT2D eigenvalue weighted by atomic mass is 9.97. The minimum atomic E-state index is 0.201. The van der Waals surface area contributed by atoms with E-state index in [1.165, 1.54) is 25.9 Å². The molecule has 0 aromatic heterocycles.